The summed E-state index contributed by atoms with van der Waals surface area (Å²) in [5.74, 6) is 0.866. The molecular formula is C22H28ClN3O4. The van der Waals surface area contributed by atoms with E-state index in [-0.39, 0.29) is 12.5 Å². The van der Waals surface area contributed by atoms with E-state index >= 15 is 0 Å². The molecular weight excluding hydrogens is 406 g/mol. The second kappa shape index (κ2) is 10.6. The van der Waals surface area contributed by atoms with Crippen LogP contribution >= 0.6 is 11.6 Å². The molecule has 0 spiro atoms. The summed E-state index contributed by atoms with van der Waals surface area (Å²) in [6.45, 7) is 3.47. The van der Waals surface area contributed by atoms with Crippen LogP contribution in [0.25, 0.3) is 0 Å². The predicted molar refractivity (Wildman–Crippen MR) is 116 cm³/mol. The Bertz CT molecular complexity index is 825. The van der Waals surface area contributed by atoms with E-state index in [0.717, 1.165) is 18.7 Å². The lowest BCUT2D eigenvalue weighted by Gasteiger charge is -2.38. The number of aliphatic hydroxyl groups excluding tert-OH is 1. The summed E-state index contributed by atoms with van der Waals surface area (Å²) >= 11 is 5.95. The van der Waals surface area contributed by atoms with E-state index in [1.165, 1.54) is 0 Å². The Hall–Kier alpha value is -2.32. The van der Waals surface area contributed by atoms with E-state index in [9.17, 15) is 9.90 Å². The lowest BCUT2D eigenvalue weighted by Crippen LogP contribution is -2.52. The molecule has 1 aliphatic rings. The third kappa shape index (κ3) is 5.86. The van der Waals surface area contributed by atoms with Crippen LogP contribution in [0.1, 0.15) is 11.6 Å². The maximum absolute atomic E-state index is 12.1. The minimum atomic E-state index is -0.635. The Labute approximate surface area is 181 Å². The van der Waals surface area contributed by atoms with Gasteiger partial charge in [-0.15, -0.1) is 0 Å². The monoisotopic (exact) mass is 433 g/mol. The summed E-state index contributed by atoms with van der Waals surface area (Å²) in [6, 6.07) is 14.1. The Morgan fingerprint density at radius 3 is 2.33 bits per heavy atom. The number of ether oxygens (including phenoxy) is 2. The number of benzene rings is 2. The van der Waals surface area contributed by atoms with Crippen LogP contribution in [0, 0.1) is 0 Å². The maximum Gasteiger partial charge on any atom is 0.239 e. The maximum atomic E-state index is 12.1. The number of hydrogen-bond donors (Lipinski definition) is 2. The molecule has 30 heavy (non-hydrogen) atoms. The Morgan fingerprint density at radius 1 is 1.10 bits per heavy atom. The average molecular weight is 434 g/mol. The van der Waals surface area contributed by atoms with Crippen molar-refractivity contribution in [2.75, 3.05) is 46.4 Å². The van der Waals surface area contributed by atoms with Crippen molar-refractivity contribution in [3.63, 3.8) is 0 Å². The molecule has 162 valence electrons. The van der Waals surface area contributed by atoms with Crippen LogP contribution < -0.4 is 15.2 Å². The second-order valence-corrected chi connectivity index (χ2v) is 7.75. The van der Waals surface area contributed by atoms with Gasteiger partial charge in [-0.1, -0.05) is 35.9 Å². The lowest BCUT2D eigenvalue weighted by atomic mass is 10.0. The summed E-state index contributed by atoms with van der Waals surface area (Å²) in [5.41, 5.74) is 6.52. The lowest BCUT2D eigenvalue weighted by molar-refractivity contribution is -0.124. The zero-order valence-corrected chi connectivity index (χ0v) is 17.8. The minimum Gasteiger partial charge on any atom is -0.493 e. The molecule has 3 N–H and O–H groups in total. The first-order chi connectivity index (χ1) is 14.5. The van der Waals surface area contributed by atoms with Gasteiger partial charge in [-0.2, -0.15) is 0 Å². The third-order valence-electron chi connectivity index (χ3n) is 5.20. The number of primary amides is 1. The van der Waals surface area contributed by atoms with Crippen molar-refractivity contribution in [1.82, 2.24) is 9.80 Å². The summed E-state index contributed by atoms with van der Waals surface area (Å²) in [5, 5.41) is 11.0. The topological polar surface area (TPSA) is 88.3 Å². The van der Waals surface area contributed by atoms with E-state index in [1.54, 1.807) is 19.2 Å². The van der Waals surface area contributed by atoms with Gasteiger partial charge in [0.15, 0.2) is 11.5 Å². The quantitative estimate of drug-likeness (QED) is 0.628. The fraction of sp³-hybridized carbons (Fsp3) is 0.409. The molecule has 0 bridgehead atoms. The molecule has 1 aliphatic heterocycles. The number of carbonyl (C=O) groups excluding carboxylic acids is 1. The Kier molecular flexibility index (Phi) is 7.93. The van der Waals surface area contributed by atoms with Crippen molar-refractivity contribution < 1.29 is 19.4 Å². The molecule has 0 saturated carbocycles. The van der Waals surface area contributed by atoms with Crippen molar-refractivity contribution in [3.8, 4) is 11.5 Å². The zero-order chi connectivity index (χ0) is 21.5. The molecule has 3 rings (SSSR count). The number of hydrogen-bond acceptors (Lipinski definition) is 6. The van der Waals surface area contributed by atoms with Crippen molar-refractivity contribution in [2.24, 2.45) is 5.73 Å². The molecule has 2 unspecified atom stereocenters. The van der Waals surface area contributed by atoms with Crippen LogP contribution in [0.15, 0.2) is 48.5 Å². The highest BCUT2D eigenvalue weighted by Gasteiger charge is 2.29. The summed E-state index contributed by atoms with van der Waals surface area (Å²) in [6.07, 6.45) is -0.635. The van der Waals surface area contributed by atoms with Gasteiger partial charge in [0.25, 0.3) is 0 Å². The van der Waals surface area contributed by atoms with Gasteiger partial charge in [0.1, 0.15) is 18.8 Å². The van der Waals surface area contributed by atoms with Crippen LogP contribution in [0.3, 0.4) is 0 Å². The fourth-order valence-electron chi connectivity index (χ4n) is 3.68. The minimum absolute atomic E-state index is 0.176. The van der Waals surface area contributed by atoms with Gasteiger partial charge >= 0.3 is 0 Å². The molecule has 2 aromatic rings. The number of rotatable bonds is 9. The van der Waals surface area contributed by atoms with E-state index < -0.39 is 12.1 Å². The highest BCUT2D eigenvalue weighted by Crippen LogP contribution is 2.26. The van der Waals surface area contributed by atoms with Crippen LogP contribution in [-0.2, 0) is 4.79 Å². The number of β-amino-alcohol motifs (C(OH)–C–C–N with tert-alkyl or cyclic N) is 1. The molecule has 1 fully saturated rings. The zero-order valence-electron chi connectivity index (χ0n) is 17.0. The molecule has 0 radical (unpaired) electrons. The van der Waals surface area contributed by atoms with Crippen LogP contribution in [-0.4, -0.2) is 73.4 Å². The fourth-order valence-corrected chi connectivity index (χ4v) is 3.80. The van der Waals surface area contributed by atoms with Crippen molar-refractivity contribution >= 4 is 17.5 Å². The Morgan fingerprint density at radius 2 is 1.73 bits per heavy atom. The van der Waals surface area contributed by atoms with Crippen molar-refractivity contribution in [3.05, 3.63) is 59.1 Å². The Balaban J connectivity index is 1.49. The van der Waals surface area contributed by atoms with E-state index in [0.29, 0.717) is 36.2 Å². The first kappa shape index (κ1) is 22.4. The molecule has 1 amide bonds. The molecule has 1 heterocycles. The average Bonchev–Trinajstić information content (AvgIpc) is 2.75. The summed E-state index contributed by atoms with van der Waals surface area (Å²) in [4.78, 5) is 16.3. The van der Waals surface area contributed by atoms with Gasteiger partial charge in [-0.3, -0.25) is 14.6 Å². The highest BCUT2D eigenvalue weighted by molar-refractivity contribution is 6.30. The molecule has 0 aromatic heterocycles. The molecule has 2 atom stereocenters. The number of piperazine rings is 1. The van der Waals surface area contributed by atoms with Gasteiger partial charge < -0.3 is 20.3 Å². The summed E-state index contributed by atoms with van der Waals surface area (Å²) in [7, 11) is 1.58. The molecule has 8 heteroatoms. The van der Waals surface area contributed by atoms with E-state index in [1.807, 2.05) is 36.4 Å². The van der Waals surface area contributed by atoms with Crippen LogP contribution in [0.4, 0.5) is 0 Å². The molecule has 7 nitrogen and oxygen atoms in total. The second-order valence-electron chi connectivity index (χ2n) is 7.31. The standard InChI is InChI=1S/C22H28ClN3O4/c1-29-19-4-2-3-5-20(19)30-15-18(27)14-25-10-12-26(13-11-25)21(22(24)28)16-6-8-17(23)9-7-16/h2-9,18,21,27H,10-15H2,1H3,(H2,24,28). The van der Waals surface area contributed by atoms with E-state index in [4.69, 9.17) is 26.8 Å². The number of carbonyl (C=O) groups is 1. The van der Waals surface area contributed by atoms with Gasteiger partial charge in [0.2, 0.25) is 5.91 Å². The van der Waals surface area contributed by atoms with Crippen LogP contribution in [0.5, 0.6) is 11.5 Å². The first-order valence-electron chi connectivity index (χ1n) is 9.93. The number of halogens is 1. The number of amides is 1. The van der Waals surface area contributed by atoms with Gasteiger partial charge in [-0.25, -0.2) is 0 Å². The highest BCUT2D eigenvalue weighted by atomic mass is 35.5. The number of para-hydroxylation sites is 2. The normalized spacial score (nSPS) is 17.3. The number of methoxy groups -OCH3 is 1. The van der Waals surface area contributed by atoms with Gasteiger partial charge in [0.05, 0.1) is 7.11 Å². The van der Waals surface area contributed by atoms with Gasteiger partial charge in [0, 0.05) is 37.7 Å². The number of nitrogens with zero attached hydrogens (tertiary/aromatic N) is 2. The first-order valence-corrected chi connectivity index (χ1v) is 10.3. The van der Waals surface area contributed by atoms with Crippen molar-refractivity contribution in [1.29, 1.82) is 0 Å². The largest absolute Gasteiger partial charge is 0.493 e. The summed E-state index contributed by atoms with van der Waals surface area (Å²) < 4.78 is 11.0. The molecule has 0 aliphatic carbocycles. The van der Waals surface area contributed by atoms with E-state index in [2.05, 4.69) is 9.80 Å². The predicted octanol–water partition coefficient (Wildman–Crippen LogP) is 1.93. The molecule has 2 aromatic carbocycles. The molecule has 1 saturated heterocycles. The number of nitrogens with two attached hydrogens (primary N) is 1. The van der Waals surface area contributed by atoms with Gasteiger partial charge in [-0.05, 0) is 29.8 Å². The smallest absolute Gasteiger partial charge is 0.239 e. The SMILES string of the molecule is COc1ccccc1OCC(O)CN1CCN(C(C(N)=O)c2ccc(Cl)cc2)CC1. The van der Waals surface area contributed by atoms with Crippen molar-refractivity contribution in [2.45, 2.75) is 12.1 Å². The third-order valence-corrected chi connectivity index (χ3v) is 5.45. The van der Waals surface area contributed by atoms with Crippen LogP contribution in [0.2, 0.25) is 5.02 Å². The number of aliphatic hydroxyl groups is 1.